The number of hydrogen-bond donors (Lipinski definition) is 1. The molecule has 0 aliphatic carbocycles. The van der Waals surface area contributed by atoms with E-state index in [-0.39, 0.29) is 0 Å². The molecule has 0 aromatic carbocycles. The summed E-state index contributed by atoms with van der Waals surface area (Å²) in [5, 5.41) is 3.59. The van der Waals surface area contributed by atoms with Crippen molar-refractivity contribution in [2.75, 3.05) is 26.2 Å². The van der Waals surface area contributed by atoms with Crippen LogP contribution in [0.4, 0.5) is 0 Å². The molecule has 1 aliphatic heterocycles. The van der Waals surface area contributed by atoms with Gasteiger partial charge in [0.05, 0.1) is 6.26 Å². The minimum atomic E-state index is 0.666. The van der Waals surface area contributed by atoms with Gasteiger partial charge in [-0.1, -0.05) is 6.92 Å². The summed E-state index contributed by atoms with van der Waals surface area (Å²) >= 11 is 0. The van der Waals surface area contributed by atoms with Gasteiger partial charge in [0.15, 0.2) is 0 Å². The van der Waals surface area contributed by atoms with Crippen molar-refractivity contribution >= 4 is 0 Å². The van der Waals surface area contributed by atoms with Crippen molar-refractivity contribution in [1.29, 1.82) is 0 Å². The summed E-state index contributed by atoms with van der Waals surface area (Å²) in [7, 11) is 0. The number of rotatable bonds is 4. The van der Waals surface area contributed by atoms with Gasteiger partial charge in [-0.2, -0.15) is 0 Å². The Labute approximate surface area is 97.8 Å². The quantitative estimate of drug-likeness (QED) is 0.843. The summed E-state index contributed by atoms with van der Waals surface area (Å²) in [6.45, 7) is 6.93. The first-order valence-corrected chi connectivity index (χ1v) is 6.36. The second-order valence-corrected chi connectivity index (χ2v) is 4.54. The Morgan fingerprint density at radius 3 is 3.25 bits per heavy atom. The van der Waals surface area contributed by atoms with E-state index in [4.69, 9.17) is 4.42 Å². The van der Waals surface area contributed by atoms with Crippen LogP contribution in [0.15, 0.2) is 22.8 Å². The standard InChI is InChI=1S/C13H22N2O/c1-2-12-11-15(8-4-7-14-12)9-6-13-5-3-10-16-13/h3,5,10,12,14H,2,4,6-9,11H2,1H3. The molecule has 2 rings (SSSR count). The maximum Gasteiger partial charge on any atom is 0.105 e. The van der Waals surface area contributed by atoms with Gasteiger partial charge < -0.3 is 14.6 Å². The summed E-state index contributed by atoms with van der Waals surface area (Å²) in [5.74, 6) is 1.10. The molecule has 3 nitrogen and oxygen atoms in total. The Morgan fingerprint density at radius 1 is 1.56 bits per heavy atom. The molecule has 0 amide bonds. The molecular formula is C13H22N2O. The normalized spacial score (nSPS) is 23.2. The van der Waals surface area contributed by atoms with E-state index in [1.165, 1.54) is 25.9 Å². The summed E-state index contributed by atoms with van der Waals surface area (Å²) in [5.41, 5.74) is 0. The first-order chi connectivity index (χ1) is 7.88. The smallest absolute Gasteiger partial charge is 0.105 e. The maximum atomic E-state index is 5.37. The van der Waals surface area contributed by atoms with Crippen LogP contribution in [0.3, 0.4) is 0 Å². The highest BCUT2D eigenvalue weighted by Gasteiger charge is 2.15. The van der Waals surface area contributed by atoms with Crippen LogP contribution in [0.2, 0.25) is 0 Å². The monoisotopic (exact) mass is 222 g/mol. The van der Waals surface area contributed by atoms with Crippen LogP contribution in [0, 0.1) is 0 Å². The van der Waals surface area contributed by atoms with Crippen LogP contribution in [0.1, 0.15) is 25.5 Å². The minimum Gasteiger partial charge on any atom is -0.469 e. The summed E-state index contributed by atoms with van der Waals surface area (Å²) in [6, 6.07) is 4.70. The van der Waals surface area contributed by atoms with E-state index in [9.17, 15) is 0 Å². The molecule has 1 N–H and O–H groups in total. The molecule has 1 fully saturated rings. The third-order valence-corrected chi connectivity index (χ3v) is 3.31. The molecule has 1 atom stereocenters. The van der Waals surface area contributed by atoms with Crippen LogP contribution in [0.25, 0.3) is 0 Å². The van der Waals surface area contributed by atoms with Crippen molar-refractivity contribution in [1.82, 2.24) is 10.2 Å². The number of hydrogen-bond acceptors (Lipinski definition) is 3. The molecule has 2 heterocycles. The van der Waals surface area contributed by atoms with Crippen molar-refractivity contribution in [3.05, 3.63) is 24.2 Å². The van der Waals surface area contributed by atoms with E-state index < -0.39 is 0 Å². The van der Waals surface area contributed by atoms with E-state index in [0.29, 0.717) is 6.04 Å². The van der Waals surface area contributed by atoms with Gasteiger partial charge >= 0.3 is 0 Å². The average molecular weight is 222 g/mol. The fraction of sp³-hybridized carbons (Fsp3) is 0.692. The van der Waals surface area contributed by atoms with Gasteiger partial charge in [-0.15, -0.1) is 0 Å². The molecule has 90 valence electrons. The first kappa shape index (κ1) is 11.7. The van der Waals surface area contributed by atoms with Crippen molar-refractivity contribution in [2.24, 2.45) is 0 Å². The van der Waals surface area contributed by atoms with E-state index >= 15 is 0 Å². The zero-order chi connectivity index (χ0) is 11.2. The van der Waals surface area contributed by atoms with Crippen molar-refractivity contribution in [3.63, 3.8) is 0 Å². The van der Waals surface area contributed by atoms with Crippen LogP contribution >= 0.6 is 0 Å². The van der Waals surface area contributed by atoms with Crippen LogP contribution in [0.5, 0.6) is 0 Å². The molecule has 16 heavy (non-hydrogen) atoms. The highest BCUT2D eigenvalue weighted by atomic mass is 16.3. The highest BCUT2D eigenvalue weighted by Crippen LogP contribution is 2.07. The molecule has 1 saturated heterocycles. The Balaban J connectivity index is 1.79. The lowest BCUT2D eigenvalue weighted by atomic mass is 10.2. The van der Waals surface area contributed by atoms with Crippen LogP contribution in [-0.4, -0.2) is 37.1 Å². The molecule has 0 radical (unpaired) electrons. The van der Waals surface area contributed by atoms with Crippen molar-refractivity contribution < 1.29 is 4.42 Å². The number of furan rings is 1. The molecule has 1 aromatic heterocycles. The third kappa shape index (κ3) is 3.35. The lowest BCUT2D eigenvalue weighted by Gasteiger charge is -2.23. The molecule has 3 heteroatoms. The van der Waals surface area contributed by atoms with Gasteiger partial charge in [-0.25, -0.2) is 0 Å². The van der Waals surface area contributed by atoms with E-state index in [0.717, 1.165) is 25.3 Å². The Hall–Kier alpha value is -0.800. The lowest BCUT2D eigenvalue weighted by Crippen LogP contribution is -2.37. The molecule has 1 aliphatic rings. The van der Waals surface area contributed by atoms with E-state index in [1.54, 1.807) is 6.26 Å². The molecule has 0 bridgehead atoms. The van der Waals surface area contributed by atoms with Gasteiger partial charge in [-0.3, -0.25) is 0 Å². The fourth-order valence-corrected chi connectivity index (χ4v) is 2.28. The SMILES string of the molecule is CCC1CN(CCc2ccco2)CCCN1. The Bertz CT molecular complexity index is 284. The van der Waals surface area contributed by atoms with Gasteiger partial charge in [0.2, 0.25) is 0 Å². The second kappa shape index (κ2) is 6.06. The topological polar surface area (TPSA) is 28.4 Å². The summed E-state index contributed by atoms with van der Waals surface area (Å²) in [6.07, 6.45) is 5.27. The van der Waals surface area contributed by atoms with E-state index in [1.807, 2.05) is 6.07 Å². The molecule has 0 saturated carbocycles. The molecule has 1 aromatic rings. The van der Waals surface area contributed by atoms with E-state index in [2.05, 4.69) is 23.2 Å². The predicted molar refractivity (Wildman–Crippen MR) is 65.6 cm³/mol. The van der Waals surface area contributed by atoms with Gasteiger partial charge in [0, 0.05) is 25.6 Å². The lowest BCUT2D eigenvalue weighted by molar-refractivity contribution is 0.262. The molecular weight excluding hydrogens is 200 g/mol. The summed E-state index contributed by atoms with van der Waals surface area (Å²) in [4.78, 5) is 2.55. The third-order valence-electron chi connectivity index (χ3n) is 3.31. The Kier molecular flexibility index (Phi) is 4.43. The Morgan fingerprint density at radius 2 is 2.50 bits per heavy atom. The number of nitrogens with one attached hydrogen (secondary N) is 1. The van der Waals surface area contributed by atoms with Gasteiger partial charge in [0.25, 0.3) is 0 Å². The first-order valence-electron chi connectivity index (χ1n) is 6.36. The zero-order valence-electron chi connectivity index (χ0n) is 10.1. The predicted octanol–water partition coefficient (Wildman–Crippen LogP) is 1.90. The fourth-order valence-electron chi connectivity index (χ4n) is 2.28. The van der Waals surface area contributed by atoms with Crippen molar-refractivity contribution in [2.45, 2.75) is 32.2 Å². The van der Waals surface area contributed by atoms with Gasteiger partial charge in [0.1, 0.15) is 5.76 Å². The van der Waals surface area contributed by atoms with Gasteiger partial charge in [-0.05, 0) is 38.1 Å². The van der Waals surface area contributed by atoms with Crippen LogP contribution in [-0.2, 0) is 6.42 Å². The largest absolute Gasteiger partial charge is 0.469 e. The molecule has 1 unspecified atom stereocenters. The van der Waals surface area contributed by atoms with Crippen molar-refractivity contribution in [3.8, 4) is 0 Å². The van der Waals surface area contributed by atoms with Crippen LogP contribution < -0.4 is 5.32 Å². The minimum absolute atomic E-state index is 0.666. The highest BCUT2D eigenvalue weighted by molar-refractivity contribution is 4.98. The average Bonchev–Trinajstić information content (AvgIpc) is 2.71. The maximum absolute atomic E-state index is 5.37. The molecule has 0 spiro atoms. The second-order valence-electron chi connectivity index (χ2n) is 4.54. The summed E-state index contributed by atoms with van der Waals surface area (Å²) < 4.78 is 5.37. The number of nitrogens with zero attached hydrogens (tertiary/aromatic N) is 1. The zero-order valence-corrected chi connectivity index (χ0v) is 10.1.